The summed E-state index contributed by atoms with van der Waals surface area (Å²) in [6.07, 6.45) is 12.6. The maximum Gasteiger partial charge on any atom is 0.141 e. The number of hydrogen-bond acceptors (Lipinski definition) is 3. The van der Waals surface area contributed by atoms with Crippen LogP contribution in [0.25, 0.3) is 0 Å². The van der Waals surface area contributed by atoms with Crippen LogP contribution in [0.15, 0.2) is 12.4 Å². The molecule has 0 amide bonds. The molecule has 0 aliphatic heterocycles. The molecule has 1 heterocycles. The van der Waals surface area contributed by atoms with Crippen LogP contribution in [0.3, 0.4) is 0 Å². The van der Waals surface area contributed by atoms with Gasteiger partial charge in [-0.1, -0.05) is 47.0 Å². The van der Waals surface area contributed by atoms with Crippen molar-refractivity contribution in [3.63, 3.8) is 0 Å². The first-order valence-electron chi connectivity index (χ1n) is 8.35. The minimum atomic E-state index is 0.342. The van der Waals surface area contributed by atoms with Crippen LogP contribution in [0, 0.1) is 10.8 Å². The Kier molecular flexibility index (Phi) is 4.90. The van der Waals surface area contributed by atoms with Gasteiger partial charge in [0.05, 0.1) is 18.1 Å². The molecular formula is C18H31N3. The molecule has 2 rings (SSSR count). The first-order chi connectivity index (χ1) is 9.77. The maximum atomic E-state index is 5.67. The number of nitrogens with zero attached hydrogens (tertiary/aromatic N) is 2. The van der Waals surface area contributed by atoms with Crippen molar-refractivity contribution >= 4 is 5.82 Å². The fourth-order valence-corrected chi connectivity index (χ4v) is 4.21. The molecule has 1 aromatic rings. The molecule has 2 N–H and O–H groups in total. The van der Waals surface area contributed by atoms with Crippen molar-refractivity contribution in [2.75, 3.05) is 5.73 Å². The van der Waals surface area contributed by atoms with Crippen LogP contribution in [0.1, 0.15) is 84.3 Å². The first-order valence-corrected chi connectivity index (χ1v) is 8.35. The minimum absolute atomic E-state index is 0.342. The minimum Gasteiger partial charge on any atom is -0.382 e. The predicted molar refractivity (Wildman–Crippen MR) is 89.1 cm³/mol. The van der Waals surface area contributed by atoms with Crippen LogP contribution in [-0.4, -0.2) is 9.97 Å². The largest absolute Gasteiger partial charge is 0.382 e. The zero-order valence-electron chi connectivity index (χ0n) is 14.2. The summed E-state index contributed by atoms with van der Waals surface area (Å²) in [4.78, 5) is 8.78. The lowest BCUT2D eigenvalue weighted by Gasteiger charge is -2.38. The van der Waals surface area contributed by atoms with Gasteiger partial charge in [0.15, 0.2) is 0 Å². The average Bonchev–Trinajstić information content (AvgIpc) is 2.35. The van der Waals surface area contributed by atoms with Crippen LogP contribution in [0.4, 0.5) is 5.82 Å². The van der Waals surface area contributed by atoms with Gasteiger partial charge in [-0.3, -0.25) is 4.98 Å². The van der Waals surface area contributed by atoms with Gasteiger partial charge in [-0.25, -0.2) is 4.98 Å². The van der Waals surface area contributed by atoms with Crippen LogP contribution in [-0.2, 0) is 0 Å². The van der Waals surface area contributed by atoms with E-state index < -0.39 is 0 Å². The van der Waals surface area contributed by atoms with Crippen LogP contribution in [0.5, 0.6) is 0 Å². The standard InChI is InChI=1S/C18H31N3/c1-17(2)9-7-5-6-8-14(10-18(3,4)13-17)15-11-21-16(19)12-20-15/h11-12,14H,5-10,13H2,1-4H3,(H2,19,21). The summed E-state index contributed by atoms with van der Waals surface area (Å²) in [5, 5.41) is 0. The summed E-state index contributed by atoms with van der Waals surface area (Å²) < 4.78 is 0. The fraction of sp³-hybridized carbons (Fsp3) is 0.778. The Bertz CT molecular complexity index is 448. The molecule has 118 valence electrons. The van der Waals surface area contributed by atoms with Crippen LogP contribution >= 0.6 is 0 Å². The Labute approximate surface area is 129 Å². The van der Waals surface area contributed by atoms with Gasteiger partial charge in [-0.2, -0.15) is 0 Å². The highest BCUT2D eigenvalue weighted by molar-refractivity contribution is 5.24. The van der Waals surface area contributed by atoms with Crippen molar-refractivity contribution in [2.45, 2.75) is 78.6 Å². The summed E-state index contributed by atoms with van der Waals surface area (Å²) in [6, 6.07) is 0. The van der Waals surface area contributed by atoms with E-state index in [1.807, 2.05) is 6.20 Å². The van der Waals surface area contributed by atoms with E-state index in [2.05, 4.69) is 37.7 Å². The normalized spacial score (nSPS) is 26.2. The second kappa shape index (κ2) is 6.33. The third kappa shape index (κ3) is 4.98. The molecule has 1 saturated carbocycles. The molecule has 3 nitrogen and oxygen atoms in total. The van der Waals surface area contributed by atoms with E-state index in [0.717, 1.165) is 5.69 Å². The Morgan fingerprint density at radius 1 is 1.00 bits per heavy atom. The van der Waals surface area contributed by atoms with Crippen LogP contribution < -0.4 is 5.73 Å². The summed E-state index contributed by atoms with van der Waals surface area (Å²) >= 11 is 0. The number of hydrogen-bond donors (Lipinski definition) is 1. The average molecular weight is 289 g/mol. The molecule has 0 radical (unpaired) electrons. The predicted octanol–water partition coefficient (Wildman–Crippen LogP) is 4.94. The second-order valence-corrected chi connectivity index (χ2v) is 8.37. The van der Waals surface area contributed by atoms with E-state index >= 15 is 0 Å². The van der Waals surface area contributed by atoms with E-state index in [1.54, 1.807) is 6.20 Å². The molecule has 1 aliphatic carbocycles. The lowest BCUT2D eigenvalue weighted by atomic mass is 9.67. The highest BCUT2D eigenvalue weighted by Crippen LogP contribution is 2.44. The molecule has 1 aliphatic rings. The summed E-state index contributed by atoms with van der Waals surface area (Å²) in [6.45, 7) is 9.67. The first kappa shape index (κ1) is 16.3. The molecule has 1 atom stereocenters. The summed E-state index contributed by atoms with van der Waals surface area (Å²) in [5.41, 5.74) is 7.58. The van der Waals surface area contributed by atoms with Crippen molar-refractivity contribution in [3.05, 3.63) is 18.1 Å². The molecule has 1 aromatic heterocycles. The lowest BCUT2D eigenvalue weighted by molar-refractivity contribution is 0.149. The third-order valence-corrected chi connectivity index (χ3v) is 4.77. The molecule has 21 heavy (non-hydrogen) atoms. The molecule has 0 aromatic carbocycles. The molecule has 1 unspecified atom stereocenters. The Morgan fingerprint density at radius 2 is 1.76 bits per heavy atom. The van der Waals surface area contributed by atoms with Gasteiger partial charge in [-0.05, 0) is 36.5 Å². The number of rotatable bonds is 1. The molecule has 0 bridgehead atoms. The monoisotopic (exact) mass is 289 g/mol. The maximum absolute atomic E-state index is 5.67. The fourth-order valence-electron chi connectivity index (χ4n) is 4.21. The van der Waals surface area contributed by atoms with Gasteiger partial charge in [0.25, 0.3) is 0 Å². The Morgan fingerprint density at radius 3 is 2.43 bits per heavy atom. The van der Waals surface area contributed by atoms with Gasteiger partial charge in [0.1, 0.15) is 5.82 Å². The summed E-state index contributed by atoms with van der Waals surface area (Å²) in [5.74, 6) is 1.03. The number of aromatic nitrogens is 2. The van der Waals surface area contributed by atoms with Gasteiger partial charge >= 0.3 is 0 Å². The zero-order chi connectivity index (χ0) is 15.5. The van der Waals surface area contributed by atoms with E-state index in [0.29, 0.717) is 22.6 Å². The third-order valence-electron chi connectivity index (χ3n) is 4.77. The highest BCUT2D eigenvalue weighted by Gasteiger charge is 2.32. The summed E-state index contributed by atoms with van der Waals surface area (Å²) in [7, 11) is 0. The van der Waals surface area contributed by atoms with Crippen molar-refractivity contribution in [2.24, 2.45) is 10.8 Å². The number of anilines is 1. The second-order valence-electron chi connectivity index (χ2n) is 8.37. The van der Waals surface area contributed by atoms with Crippen molar-refractivity contribution in [1.82, 2.24) is 9.97 Å². The smallest absolute Gasteiger partial charge is 0.141 e. The zero-order valence-corrected chi connectivity index (χ0v) is 14.2. The van der Waals surface area contributed by atoms with E-state index in [-0.39, 0.29) is 0 Å². The Balaban J connectivity index is 2.18. The van der Waals surface area contributed by atoms with E-state index in [1.165, 1.54) is 44.9 Å². The van der Waals surface area contributed by atoms with Gasteiger partial charge in [-0.15, -0.1) is 0 Å². The number of nitrogens with two attached hydrogens (primary N) is 1. The van der Waals surface area contributed by atoms with E-state index in [4.69, 9.17) is 5.73 Å². The van der Waals surface area contributed by atoms with Gasteiger partial charge in [0, 0.05) is 5.92 Å². The number of nitrogen functional groups attached to an aromatic ring is 1. The van der Waals surface area contributed by atoms with Crippen molar-refractivity contribution in [3.8, 4) is 0 Å². The van der Waals surface area contributed by atoms with Gasteiger partial charge in [0.2, 0.25) is 0 Å². The molecule has 3 heteroatoms. The SMILES string of the molecule is CC1(C)CCCCCC(c2cnc(N)cn2)CC(C)(C)C1. The quantitative estimate of drug-likeness (QED) is 0.796. The van der Waals surface area contributed by atoms with Crippen molar-refractivity contribution < 1.29 is 0 Å². The Hall–Kier alpha value is -1.12. The van der Waals surface area contributed by atoms with Crippen LogP contribution in [0.2, 0.25) is 0 Å². The highest BCUT2D eigenvalue weighted by atomic mass is 14.9. The molecule has 1 fully saturated rings. The van der Waals surface area contributed by atoms with E-state index in [9.17, 15) is 0 Å². The lowest BCUT2D eigenvalue weighted by Crippen LogP contribution is -2.26. The molecule has 0 spiro atoms. The van der Waals surface area contributed by atoms with Gasteiger partial charge < -0.3 is 5.73 Å². The topological polar surface area (TPSA) is 51.8 Å². The van der Waals surface area contributed by atoms with Crippen molar-refractivity contribution in [1.29, 1.82) is 0 Å². The molecule has 0 saturated heterocycles. The molecular weight excluding hydrogens is 258 g/mol.